The van der Waals surface area contributed by atoms with Crippen LogP contribution in [0.25, 0.3) is 0 Å². The topological polar surface area (TPSA) is 79.4 Å². The number of likely N-dealkylation sites (tertiary alicyclic amines) is 1. The van der Waals surface area contributed by atoms with Gasteiger partial charge in [-0.3, -0.25) is 9.69 Å². The molecule has 0 N–H and O–H groups in total. The Morgan fingerprint density at radius 1 is 1.09 bits per heavy atom. The van der Waals surface area contributed by atoms with E-state index in [4.69, 9.17) is 9.47 Å². The molecule has 1 amide bonds. The average molecular weight is 480 g/mol. The largest absolute Gasteiger partial charge is 0.497 e. The van der Waals surface area contributed by atoms with Gasteiger partial charge in [-0.15, -0.1) is 11.3 Å². The van der Waals surface area contributed by atoms with Gasteiger partial charge in [0.25, 0.3) is 10.0 Å². The van der Waals surface area contributed by atoms with Crippen LogP contribution in [0.4, 0.5) is 0 Å². The molecule has 10 heteroatoms. The van der Waals surface area contributed by atoms with E-state index in [0.29, 0.717) is 36.9 Å². The molecule has 2 aliphatic rings. The first-order valence-corrected chi connectivity index (χ1v) is 13.0. The minimum atomic E-state index is -3.44. The summed E-state index contributed by atoms with van der Waals surface area (Å²) >= 11 is 1.23. The highest BCUT2D eigenvalue weighted by atomic mass is 32.2. The predicted molar refractivity (Wildman–Crippen MR) is 123 cm³/mol. The van der Waals surface area contributed by atoms with E-state index in [2.05, 4.69) is 0 Å². The van der Waals surface area contributed by atoms with Crippen LogP contribution in [-0.4, -0.2) is 81.9 Å². The molecule has 2 aromatic rings. The molecule has 1 aromatic carbocycles. The molecule has 0 aliphatic carbocycles. The van der Waals surface area contributed by atoms with Crippen molar-refractivity contribution < 1.29 is 22.7 Å². The third kappa shape index (κ3) is 4.63. The number of benzene rings is 1. The minimum Gasteiger partial charge on any atom is -0.497 e. The summed E-state index contributed by atoms with van der Waals surface area (Å²) in [5, 5.41) is 1.77. The summed E-state index contributed by atoms with van der Waals surface area (Å²) in [4.78, 5) is 17.2. The van der Waals surface area contributed by atoms with Crippen molar-refractivity contribution in [1.82, 2.24) is 14.1 Å². The minimum absolute atomic E-state index is 0.0481. The summed E-state index contributed by atoms with van der Waals surface area (Å²) in [5.74, 6) is 1.55. The molecule has 2 saturated heterocycles. The van der Waals surface area contributed by atoms with Crippen molar-refractivity contribution in [1.29, 1.82) is 0 Å². The normalized spacial score (nSPS) is 20.4. The zero-order chi connectivity index (χ0) is 22.7. The molecule has 2 fully saturated rings. The molecule has 8 nitrogen and oxygen atoms in total. The SMILES string of the molecule is COc1ccc(OC)c([C@@H]2CCCN2C(=O)CN2CCN(S(=O)(=O)c3cccs3)CC2)c1. The molecule has 3 heterocycles. The van der Waals surface area contributed by atoms with Crippen molar-refractivity contribution in [2.45, 2.75) is 23.1 Å². The van der Waals surface area contributed by atoms with Gasteiger partial charge in [0, 0.05) is 38.3 Å². The number of hydrogen-bond acceptors (Lipinski definition) is 7. The lowest BCUT2D eigenvalue weighted by atomic mass is 10.0. The van der Waals surface area contributed by atoms with Gasteiger partial charge in [0.05, 0.1) is 26.8 Å². The molecule has 0 bridgehead atoms. The molecular formula is C22H29N3O5S2. The summed E-state index contributed by atoms with van der Waals surface area (Å²) in [6, 6.07) is 9.01. The van der Waals surface area contributed by atoms with Crippen LogP contribution in [0.3, 0.4) is 0 Å². The molecule has 1 aromatic heterocycles. The first kappa shape index (κ1) is 23.0. The lowest BCUT2D eigenvalue weighted by molar-refractivity contribution is -0.133. The maximum Gasteiger partial charge on any atom is 0.252 e. The Morgan fingerprint density at radius 3 is 2.53 bits per heavy atom. The number of ether oxygens (including phenoxy) is 2. The Labute approximate surface area is 193 Å². The van der Waals surface area contributed by atoms with Gasteiger partial charge in [-0.1, -0.05) is 6.07 Å². The van der Waals surface area contributed by atoms with Crippen LogP contribution in [-0.2, 0) is 14.8 Å². The van der Waals surface area contributed by atoms with Gasteiger partial charge < -0.3 is 14.4 Å². The number of carbonyl (C=O) groups excluding carboxylic acids is 1. The standard InChI is InChI=1S/C22H29N3O5S2/c1-29-17-7-8-20(30-2)18(15-17)19-5-3-9-25(19)21(26)16-23-10-12-24(13-11-23)32(27,28)22-6-4-14-31-22/h4,6-8,14-15,19H,3,5,9-13,16H2,1-2H3/t19-/m0/s1. The molecule has 0 spiro atoms. The highest BCUT2D eigenvalue weighted by Gasteiger charge is 2.34. The van der Waals surface area contributed by atoms with Crippen molar-refractivity contribution in [3.8, 4) is 11.5 Å². The second kappa shape index (κ2) is 9.78. The number of carbonyl (C=O) groups is 1. The van der Waals surface area contributed by atoms with E-state index in [-0.39, 0.29) is 18.5 Å². The summed E-state index contributed by atoms with van der Waals surface area (Å²) in [5.41, 5.74) is 0.963. The highest BCUT2D eigenvalue weighted by Crippen LogP contribution is 2.39. The summed E-state index contributed by atoms with van der Waals surface area (Å²) in [6.07, 6.45) is 1.81. The Balaban J connectivity index is 1.39. The number of hydrogen-bond donors (Lipinski definition) is 0. The van der Waals surface area contributed by atoms with Gasteiger partial charge in [0.15, 0.2) is 0 Å². The summed E-state index contributed by atoms with van der Waals surface area (Å²) < 4.78 is 38.2. The smallest absolute Gasteiger partial charge is 0.252 e. The van der Waals surface area contributed by atoms with Crippen molar-refractivity contribution in [3.63, 3.8) is 0 Å². The lowest BCUT2D eigenvalue weighted by Gasteiger charge is -2.35. The van der Waals surface area contributed by atoms with Crippen LogP contribution >= 0.6 is 11.3 Å². The molecule has 4 rings (SSSR count). The van der Waals surface area contributed by atoms with E-state index < -0.39 is 10.0 Å². The van der Waals surface area contributed by atoms with Crippen molar-refractivity contribution >= 4 is 27.3 Å². The Morgan fingerprint density at radius 2 is 1.88 bits per heavy atom. The molecular weight excluding hydrogens is 450 g/mol. The van der Waals surface area contributed by atoms with E-state index in [1.165, 1.54) is 15.6 Å². The molecule has 174 valence electrons. The highest BCUT2D eigenvalue weighted by molar-refractivity contribution is 7.91. The number of thiophene rings is 1. The number of amides is 1. The zero-order valence-corrected chi connectivity index (χ0v) is 20.0. The second-order valence-corrected chi connectivity index (χ2v) is 11.1. The van der Waals surface area contributed by atoms with Gasteiger partial charge in [-0.2, -0.15) is 4.31 Å². The number of methoxy groups -OCH3 is 2. The Hall–Kier alpha value is -2.14. The van der Waals surface area contributed by atoms with Crippen LogP contribution in [0.5, 0.6) is 11.5 Å². The number of sulfonamides is 1. The Bertz CT molecular complexity index is 1030. The van der Waals surface area contributed by atoms with Crippen LogP contribution < -0.4 is 9.47 Å². The van der Waals surface area contributed by atoms with Crippen molar-refractivity contribution in [3.05, 3.63) is 41.3 Å². The van der Waals surface area contributed by atoms with Gasteiger partial charge in [-0.05, 0) is 42.5 Å². The molecule has 1 atom stereocenters. The number of nitrogens with zero attached hydrogens (tertiary/aromatic N) is 3. The first-order chi connectivity index (χ1) is 15.4. The zero-order valence-electron chi connectivity index (χ0n) is 18.4. The average Bonchev–Trinajstić information content (AvgIpc) is 3.51. The molecule has 0 radical (unpaired) electrons. The van der Waals surface area contributed by atoms with Gasteiger partial charge in [0.1, 0.15) is 15.7 Å². The number of rotatable bonds is 7. The van der Waals surface area contributed by atoms with Crippen LogP contribution in [0.2, 0.25) is 0 Å². The molecule has 0 unspecified atom stereocenters. The van der Waals surface area contributed by atoms with E-state index in [1.54, 1.807) is 31.7 Å². The van der Waals surface area contributed by atoms with Crippen molar-refractivity contribution in [2.24, 2.45) is 0 Å². The van der Waals surface area contributed by atoms with Crippen LogP contribution in [0.1, 0.15) is 24.4 Å². The van der Waals surface area contributed by atoms with Gasteiger partial charge in [-0.25, -0.2) is 8.42 Å². The fourth-order valence-electron chi connectivity index (χ4n) is 4.44. The summed E-state index contributed by atoms with van der Waals surface area (Å²) in [6.45, 7) is 2.85. The second-order valence-electron chi connectivity index (χ2n) is 7.97. The maximum absolute atomic E-state index is 13.2. The molecule has 32 heavy (non-hydrogen) atoms. The Kier molecular flexibility index (Phi) is 7.04. The maximum atomic E-state index is 13.2. The monoisotopic (exact) mass is 479 g/mol. The number of piperazine rings is 1. The summed E-state index contributed by atoms with van der Waals surface area (Å²) in [7, 11) is -0.180. The molecule has 0 saturated carbocycles. The molecule has 2 aliphatic heterocycles. The van der Waals surface area contributed by atoms with E-state index in [0.717, 1.165) is 29.9 Å². The van der Waals surface area contributed by atoms with Gasteiger partial charge in [0.2, 0.25) is 5.91 Å². The third-order valence-corrected chi connectivity index (χ3v) is 9.42. The fourth-order valence-corrected chi connectivity index (χ4v) is 7.00. The van der Waals surface area contributed by atoms with E-state index >= 15 is 0 Å². The van der Waals surface area contributed by atoms with E-state index in [1.807, 2.05) is 28.0 Å². The first-order valence-electron chi connectivity index (χ1n) is 10.7. The van der Waals surface area contributed by atoms with Crippen molar-refractivity contribution in [2.75, 3.05) is 53.5 Å². The van der Waals surface area contributed by atoms with Gasteiger partial charge >= 0.3 is 0 Å². The predicted octanol–water partition coefficient (Wildman–Crippen LogP) is 2.44. The quantitative estimate of drug-likeness (QED) is 0.607. The van der Waals surface area contributed by atoms with Crippen LogP contribution in [0.15, 0.2) is 39.9 Å². The fraction of sp³-hybridized carbons (Fsp3) is 0.500. The lowest BCUT2D eigenvalue weighted by Crippen LogP contribution is -2.51. The van der Waals surface area contributed by atoms with E-state index in [9.17, 15) is 13.2 Å². The third-order valence-electron chi connectivity index (χ3n) is 6.15. The van der Waals surface area contributed by atoms with Crippen LogP contribution in [0, 0.1) is 0 Å².